The summed E-state index contributed by atoms with van der Waals surface area (Å²) in [7, 11) is -3.56. The van der Waals surface area contributed by atoms with E-state index >= 15 is 0 Å². The van der Waals surface area contributed by atoms with Gasteiger partial charge >= 0.3 is 13.9 Å². The molecule has 0 aromatic heterocycles. The summed E-state index contributed by atoms with van der Waals surface area (Å²) in [4.78, 5) is 0. The van der Waals surface area contributed by atoms with Gasteiger partial charge in [0.25, 0.3) is 0 Å². The van der Waals surface area contributed by atoms with Gasteiger partial charge < -0.3 is 4.52 Å². The van der Waals surface area contributed by atoms with Crippen molar-refractivity contribution in [2.45, 2.75) is 26.9 Å². The number of rotatable bonds is 7. The number of alkyl halides is 3. The van der Waals surface area contributed by atoms with Crippen LogP contribution in [0.2, 0.25) is 0 Å². The maximum absolute atomic E-state index is 12.7. The molecule has 0 spiro atoms. The van der Waals surface area contributed by atoms with Crippen molar-refractivity contribution in [2.24, 2.45) is 0 Å². The summed E-state index contributed by atoms with van der Waals surface area (Å²) >= 11 is 0. The molecule has 1 rings (SSSR count). The van der Waals surface area contributed by atoms with Gasteiger partial charge in [0.1, 0.15) is 5.75 Å². The van der Waals surface area contributed by atoms with Gasteiger partial charge in [0, 0.05) is 13.1 Å². The second-order valence-corrected chi connectivity index (χ2v) is 6.08. The van der Waals surface area contributed by atoms with Gasteiger partial charge in [0.15, 0.2) is 0 Å². The molecule has 0 N–H and O–H groups in total. The van der Waals surface area contributed by atoms with Crippen LogP contribution in [0.1, 0.15) is 26.3 Å². The molecule has 0 aliphatic heterocycles. The number of hydrogen-bond donors (Lipinski definition) is 0. The van der Waals surface area contributed by atoms with E-state index in [9.17, 15) is 17.7 Å². The molecule has 0 saturated carbocycles. The Morgan fingerprint density at radius 2 is 1.62 bits per heavy atom. The first kappa shape index (κ1) is 18.0. The largest absolute Gasteiger partial charge is 0.461 e. The van der Waals surface area contributed by atoms with E-state index in [0.717, 1.165) is 24.3 Å². The first-order valence-electron chi connectivity index (χ1n) is 6.63. The van der Waals surface area contributed by atoms with Crippen molar-refractivity contribution < 1.29 is 26.8 Å². The van der Waals surface area contributed by atoms with Gasteiger partial charge in [0.2, 0.25) is 0 Å². The van der Waals surface area contributed by atoms with Crippen LogP contribution in [0, 0.1) is 0 Å². The average Bonchev–Trinajstić information content (AvgIpc) is 2.39. The fourth-order valence-corrected chi connectivity index (χ4v) is 3.48. The van der Waals surface area contributed by atoms with Gasteiger partial charge in [0.05, 0.1) is 12.2 Å². The van der Waals surface area contributed by atoms with Crippen molar-refractivity contribution in [3.63, 3.8) is 0 Å². The minimum absolute atomic E-state index is 0.0756. The van der Waals surface area contributed by atoms with Gasteiger partial charge in [-0.05, 0) is 31.2 Å². The van der Waals surface area contributed by atoms with Crippen molar-refractivity contribution in [1.82, 2.24) is 4.67 Å². The lowest BCUT2D eigenvalue weighted by Gasteiger charge is -2.27. The summed E-state index contributed by atoms with van der Waals surface area (Å²) in [6, 6.07) is 4.04. The second-order valence-electron chi connectivity index (χ2n) is 4.14. The SMILES string of the molecule is CCOP(=O)(Oc1ccc(C(F)(F)F)cc1)N(CC)CC. The third-order valence-electron chi connectivity index (χ3n) is 2.77. The lowest BCUT2D eigenvalue weighted by Crippen LogP contribution is -2.24. The summed E-state index contributed by atoms with van der Waals surface area (Å²) in [5.74, 6) is 0.0756. The molecule has 1 aromatic carbocycles. The minimum atomic E-state index is -4.42. The molecule has 4 nitrogen and oxygen atoms in total. The highest BCUT2D eigenvalue weighted by Gasteiger charge is 2.34. The normalized spacial score (nSPS) is 15.0. The molecule has 8 heteroatoms. The Morgan fingerprint density at radius 3 is 2.00 bits per heavy atom. The molecule has 21 heavy (non-hydrogen) atoms. The van der Waals surface area contributed by atoms with Crippen LogP contribution in [0.15, 0.2) is 24.3 Å². The quantitative estimate of drug-likeness (QED) is 0.688. The van der Waals surface area contributed by atoms with Gasteiger partial charge in [-0.1, -0.05) is 13.8 Å². The Labute approximate surface area is 122 Å². The summed E-state index contributed by atoms with van der Waals surface area (Å²) in [5.41, 5.74) is -0.788. The highest BCUT2D eigenvalue weighted by molar-refractivity contribution is 7.51. The molecule has 0 aliphatic rings. The molecule has 0 heterocycles. The average molecular weight is 325 g/mol. The van der Waals surface area contributed by atoms with Crippen molar-refractivity contribution in [3.05, 3.63) is 29.8 Å². The first-order chi connectivity index (χ1) is 9.76. The highest BCUT2D eigenvalue weighted by atomic mass is 31.2. The third-order valence-corrected chi connectivity index (χ3v) is 5.06. The Balaban J connectivity index is 2.97. The highest BCUT2D eigenvalue weighted by Crippen LogP contribution is 2.51. The molecule has 0 fully saturated rings. The topological polar surface area (TPSA) is 38.8 Å². The van der Waals surface area contributed by atoms with Crippen LogP contribution in [0.4, 0.5) is 13.2 Å². The summed E-state index contributed by atoms with van der Waals surface area (Å²) in [5, 5.41) is 0. The number of hydrogen-bond acceptors (Lipinski definition) is 3. The Hall–Kier alpha value is -1.04. The van der Waals surface area contributed by atoms with E-state index < -0.39 is 19.5 Å². The van der Waals surface area contributed by atoms with E-state index in [1.165, 1.54) is 4.67 Å². The number of halogens is 3. The molecule has 0 aliphatic carbocycles. The Morgan fingerprint density at radius 1 is 1.10 bits per heavy atom. The maximum Gasteiger partial charge on any atom is 0.461 e. The summed E-state index contributed by atoms with van der Waals surface area (Å²) in [6.07, 6.45) is -4.42. The molecule has 0 radical (unpaired) electrons. The van der Waals surface area contributed by atoms with E-state index in [1.54, 1.807) is 20.8 Å². The molecule has 1 atom stereocenters. The smallest absolute Gasteiger partial charge is 0.413 e. The van der Waals surface area contributed by atoms with Crippen LogP contribution in [0.3, 0.4) is 0 Å². The number of nitrogens with zero attached hydrogens (tertiary/aromatic N) is 1. The maximum atomic E-state index is 12.7. The van der Waals surface area contributed by atoms with Crippen molar-refractivity contribution >= 4 is 7.75 Å². The van der Waals surface area contributed by atoms with E-state index in [1.807, 2.05) is 0 Å². The molecular formula is C13H19F3NO3P. The molecule has 1 aromatic rings. The zero-order valence-corrected chi connectivity index (χ0v) is 13.1. The second kappa shape index (κ2) is 7.29. The zero-order chi connectivity index (χ0) is 16.1. The molecular weight excluding hydrogens is 306 g/mol. The van der Waals surface area contributed by atoms with Gasteiger partial charge in [-0.2, -0.15) is 17.8 Å². The van der Waals surface area contributed by atoms with E-state index in [-0.39, 0.29) is 12.4 Å². The number of benzene rings is 1. The van der Waals surface area contributed by atoms with Crippen LogP contribution in [0.5, 0.6) is 5.75 Å². The lowest BCUT2D eigenvalue weighted by atomic mass is 10.2. The Kier molecular flexibility index (Phi) is 6.25. The van der Waals surface area contributed by atoms with Crippen LogP contribution in [-0.4, -0.2) is 24.4 Å². The molecule has 1 unspecified atom stereocenters. The van der Waals surface area contributed by atoms with Crippen molar-refractivity contribution in [2.75, 3.05) is 19.7 Å². The standard InChI is InChI=1S/C13H19F3NO3P/c1-4-17(5-2)21(18,19-6-3)20-12-9-7-11(8-10-12)13(14,15)16/h7-10H,4-6H2,1-3H3. The van der Waals surface area contributed by atoms with Crippen LogP contribution in [0.25, 0.3) is 0 Å². The Bertz CT molecular complexity index is 486. The van der Waals surface area contributed by atoms with Gasteiger partial charge in [-0.3, -0.25) is 4.52 Å². The predicted molar refractivity (Wildman–Crippen MR) is 74.2 cm³/mol. The molecule has 120 valence electrons. The fraction of sp³-hybridized carbons (Fsp3) is 0.538. The van der Waals surface area contributed by atoms with Crippen LogP contribution < -0.4 is 4.52 Å². The predicted octanol–water partition coefficient (Wildman–Crippen LogP) is 4.57. The molecule has 0 amide bonds. The third kappa shape index (κ3) is 4.73. The van der Waals surface area contributed by atoms with Crippen molar-refractivity contribution in [1.29, 1.82) is 0 Å². The monoisotopic (exact) mass is 325 g/mol. The van der Waals surface area contributed by atoms with Crippen LogP contribution in [-0.2, 0) is 15.3 Å². The van der Waals surface area contributed by atoms with Crippen molar-refractivity contribution in [3.8, 4) is 5.75 Å². The molecule has 0 bridgehead atoms. The van der Waals surface area contributed by atoms with E-state index in [2.05, 4.69) is 0 Å². The van der Waals surface area contributed by atoms with Gasteiger partial charge in [-0.15, -0.1) is 0 Å². The lowest BCUT2D eigenvalue weighted by molar-refractivity contribution is -0.137. The zero-order valence-electron chi connectivity index (χ0n) is 12.2. The first-order valence-corrected chi connectivity index (χ1v) is 8.13. The molecule has 0 saturated heterocycles. The summed E-state index contributed by atoms with van der Waals surface area (Å²) in [6.45, 7) is 6.32. The van der Waals surface area contributed by atoms with Gasteiger partial charge in [-0.25, -0.2) is 4.57 Å². The van der Waals surface area contributed by atoms with Crippen LogP contribution >= 0.6 is 7.75 Å². The van der Waals surface area contributed by atoms with E-state index in [0.29, 0.717) is 13.1 Å². The fourth-order valence-electron chi connectivity index (χ4n) is 1.74. The summed E-state index contributed by atoms with van der Waals surface area (Å²) < 4.78 is 62.2. The minimum Gasteiger partial charge on any atom is -0.413 e. The van der Waals surface area contributed by atoms with E-state index in [4.69, 9.17) is 9.05 Å².